The third-order valence-corrected chi connectivity index (χ3v) is 13.0. The number of ketones is 1. The molecule has 0 saturated carbocycles. The number of aromatic nitrogens is 2. The van der Waals surface area contributed by atoms with Gasteiger partial charge in [0, 0.05) is 50.6 Å². The summed E-state index contributed by atoms with van der Waals surface area (Å²) in [6.45, 7) is 17.7. The van der Waals surface area contributed by atoms with E-state index in [0.717, 1.165) is 4.57 Å². The number of cyclic esters (lactones) is 1. The number of likely N-dealkylation sites (N-methyl/N-ethyl adjacent to an activating group) is 1. The highest BCUT2D eigenvalue weighted by Crippen LogP contribution is 2.42. The van der Waals surface area contributed by atoms with Gasteiger partial charge in [-0.2, -0.15) is 0 Å². The van der Waals surface area contributed by atoms with Gasteiger partial charge in [-0.1, -0.05) is 27.7 Å². The van der Waals surface area contributed by atoms with Crippen LogP contribution in [0.3, 0.4) is 0 Å². The Labute approximate surface area is 359 Å². The molecule has 18 atom stereocenters. The Morgan fingerprint density at radius 3 is 2.15 bits per heavy atom. The molecule has 3 saturated heterocycles. The topological polar surface area (TPSA) is 224 Å². The van der Waals surface area contributed by atoms with Crippen molar-refractivity contribution in [1.82, 2.24) is 14.5 Å². The Kier molecular flexibility index (Phi) is 16.7. The number of nitrogens with zero attached hydrogens (tertiary/aromatic N) is 3. The van der Waals surface area contributed by atoms with Crippen molar-refractivity contribution < 1.29 is 72.4 Å². The predicted molar refractivity (Wildman–Crippen MR) is 218 cm³/mol. The van der Waals surface area contributed by atoms with Crippen molar-refractivity contribution in [2.45, 2.75) is 186 Å². The maximum atomic E-state index is 14.4. The van der Waals surface area contributed by atoms with Gasteiger partial charge < -0.3 is 58.1 Å². The van der Waals surface area contributed by atoms with Crippen LogP contribution in [0.15, 0.2) is 18.7 Å². The third kappa shape index (κ3) is 11.4. The molecule has 18 nitrogen and oxygen atoms in total. The van der Waals surface area contributed by atoms with Gasteiger partial charge in [0.2, 0.25) is 0 Å². The summed E-state index contributed by atoms with van der Waals surface area (Å²) in [6.07, 6.45) is -6.97. The van der Waals surface area contributed by atoms with Crippen molar-refractivity contribution in [3.05, 3.63) is 18.7 Å². The van der Waals surface area contributed by atoms with E-state index in [1.165, 1.54) is 53.5 Å². The molecule has 1 aromatic heterocycles. The lowest BCUT2D eigenvalue weighted by Crippen LogP contribution is -2.62. The fourth-order valence-electron chi connectivity index (χ4n) is 9.45. The SMILES string of the molecule is CC[C@H]1OC(=O)[C@H](C)[C@@H](OC2C[C@@](C)(O)[C@@H](OC(=O)n3ccnc3)[C@H](C)O2)[C@H](C)[C@@H](OC2O[C@H](C)C[C@H](N(C)C)[C@H]2OC(C)=O)[C@](C)(OC)C[C@@H](C)C(=O)[C@H](C)[C@@H](O)[C@]1(C)O. The molecule has 0 amide bonds. The van der Waals surface area contributed by atoms with E-state index in [-0.39, 0.29) is 37.2 Å². The minimum Gasteiger partial charge on any atom is -0.459 e. The molecule has 4 heterocycles. The summed E-state index contributed by atoms with van der Waals surface area (Å²) in [6, 6.07) is -0.321. The number of aliphatic hydroxyl groups is 3. The third-order valence-electron chi connectivity index (χ3n) is 13.0. The zero-order valence-electron chi connectivity index (χ0n) is 38.3. The number of esters is 2. The Bertz CT molecular complexity index is 1640. The minimum absolute atomic E-state index is 0.0343. The smallest absolute Gasteiger partial charge is 0.419 e. The van der Waals surface area contributed by atoms with Gasteiger partial charge in [-0.3, -0.25) is 14.4 Å². The Morgan fingerprint density at radius 1 is 0.951 bits per heavy atom. The number of Topliss-reactive ketones (excluding diaryl/α,β-unsaturated/α-hetero) is 1. The first-order valence-electron chi connectivity index (χ1n) is 21.4. The maximum absolute atomic E-state index is 14.4. The average Bonchev–Trinajstić information content (AvgIpc) is 3.73. The van der Waals surface area contributed by atoms with Gasteiger partial charge in [-0.15, -0.1) is 0 Å². The molecular formula is C43H71N3O15. The molecule has 1 aromatic rings. The lowest BCUT2D eigenvalue weighted by Gasteiger charge is -2.50. The number of hydrogen-bond acceptors (Lipinski definition) is 17. The Balaban J connectivity index is 1.85. The van der Waals surface area contributed by atoms with E-state index >= 15 is 0 Å². The fraction of sp³-hybridized carbons (Fsp3) is 0.837. The second-order valence-electron chi connectivity index (χ2n) is 18.4. The van der Waals surface area contributed by atoms with Crippen LogP contribution in [0, 0.1) is 23.7 Å². The first-order chi connectivity index (χ1) is 28.3. The van der Waals surface area contributed by atoms with Gasteiger partial charge in [0.25, 0.3) is 0 Å². The highest BCUT2D eigenvalue weighted by Gasteiger charge is 2.55. The molecule has 18 heteroatoms. The standard InChI is InChI=1S/C43H71N3O15/c1-15-30-43(11,53)35(49)24(4)32(48)22(2)19-42(10,54-14)36(60-39-34(57-28(8)47)29(45(12)13)18-23(3)55-39)25(5)33(26(6)38(50)58-30)59-31-20-41(9,52)37(27(7)56-31)61-40(51)46-17-16-44-21-46/h16-17,21-27,29-31,33-37,39,49,52-53H,15,18-20H2,1-14H3/t22-,23-,24+,25+,26-,27+,29+,30-,31?,33+,34-,35-,36-,37+,39?,41-,42-,43-/m1/s1. The molecule has 0 bridgehead atoms. The van der Waals surface area contributed by atoms with Crippen LogP contribution in [0.4, 0.5) is 4.79 Å². The van der Waals surface area contributed by atoms with Crippen LogP contribution in [0.5, 0.6) is 0 Å². The molecule has 3 fully saturated rings. The number of rotatable bonds is 9. The molecule has 348 valence electrons. The fourth-order valence-corrected chi connectivity index (χ4v) is 9.45. The van der Waals surface area contributed by atoms with Gasteiger partial charge in [-0.05, 0) is 74.9 Å². The summed E-state index contributed by atoms with van der Waals surface area (Å²) in [5, 5.41) is 35.1. The molecule has 61 heavy (non-hydrogen) atoms. The van der Waals surface area contributed by atoms with Gasteiger partial charge in [0.15, 0.2) is 24.8 Å². The number of methoxy groups -OCH3 is 1. The molecule has 3 N–H and O–H groups in total. The number of imidazole rings is 1. The second-order valence-corrected chi connectivity index (χ2v) is 18.4. The molecule has 3 aliphatic heterocycles. The van der Waals surface area contributed by atoms with E-state index in [4.69, 9.17) is 37.9 Å². The van der Waals surface area contributed by atoms with Crippen LogP contribution in [0.25, 0.3) is 0 Å². The predicted octanol–water partition coefficient (Wildman–Crippen LogP) is 3.25. The largest absolute Gasteiger partial charge is 0.459 e. The summed E-state index contributed by atoms with van der Waals surface area (Å²) in [5.74, 6) is -5.54. The van der Waals surface area contributed by atoms with Crippen LogP contribution in [-0.2, 0) is 52.3 Å². The van der Waals surface area contributed by atoms with Crippen LogP contribution in [0.1, 0.15) is 102 Å². The van der Waals surface area contributed by atoms with Crippen molar-refractivity contribution >= 4 is 23.8 Å². The molecule has 0 aromatic carbocycles. The van der Waals surface area contributed by atoms with E-state index in [2.05, 4.69) is 4.98 Å². The molecule has 3 aliphatic rings. The van der Waals surface area contributed by atoms with Crippen LogP contribution in [-0.4, -0.2) is 159 Å². The lowest BCUT2D eigenvalue weighted by molar-refractivity contribution is -0.318. The molecule has 0 spiro atoms. The first kappa shape index (κ1) is 50.6. The van der Waals surface area contributed by atoms with Crippen LogP contribution in [0.2, 0.25) is 0 Å². The zero-order chi connectivity index (χ0) is 45.9. The number of carbonyl (C=O) groups is 4. The van der Waals surface area contributed by atoms with Crippen molar-refractivity contribution in [3.63, 3.8) is 0 Å². The Morgan fingerprint density at radius 2 is 1.61 bits per heavy atom. The number of hydrogen-bond donors (Lipinski definition) is 3. The van der Waals surface area contributed by atoms with E-state index in [1.807, 2.05) is 25.9 Å². The van der Waals surface area contributed by atoms with E-state index in [1.54, 1.807) is 41.5 Å². The lowest BCUT2D eigenvalue weighted by atomic mass is 9.74. The highest BCUT2D eigenvalue weighted by molar-refractivity contribution is 5.83. The van der Waals surface area contributed by atoms with Crippen molar-refractivity contribution in [1.29, 1.82) is 0 Å². The molecule has 2 unspecified atom stereocenters. The van der Waals surface area contributed by atoms with Gasteiger partial charge in [0.1, 0.15) is 29.4 Å². The normalized spacial score (nSPS) is 43.3. The van der Waals surface area contributed by atoms with E-state index < -0.39 is 114 Å². The van der Waals surface area contributed by atoms with Crippen LogP contribution >= 0.6 is 0 Å². The minimum atomic E-state index is -2.03. The molecule has 4 rings (SSSR count). The zero-order valence-corrected chi connectivity index (χ0v) is 38.3. The Hall–Kier alpha value is -3.07. The summed E-state index contributed by atoms with van der Waals surface area (Å²) in [5.41, 5.74) is -5.09. The monoisotopic (exact) mass is 869 g/mol. The van der Waals surface area contributed by atoms with E-state index in [9.17, 15) is 34.5 Å². The van der Waals surface area contributed by atoms with Crippen molar-refractivity contribution in [2.75, 3.05) is 21.2 Å². The van der Waals surface area contributed by atoms with Gasteiger partial charge in [-0.25, -0.2) is 14.3 Å². The number of aliphatic hydroxyl groups excluding tert-OH is 1. The quantitative estimate of drug-likeness (QED) is 0.239. The molecule has 0 aliphatic carbocycles. The summed E-state index contributed by atoms with van der Waals surface area (Å²) in [7, 11) is 5.20. The second kappa shape index (κ2) is 20.2. The summed E-state index contributed by atoms with van der Waals surface area (Å²) >= 11 is 0. The average molecular weight is 870 g/mol. The van der Waals surface area contributed by atoms with Gasteiger partial charge >= 0.3 is 18.0 Å². The summed E-state index contributed by atoms with van der Waals surface area (Å²) in [4.78, 5) is 59.9. The number of ether oxygens (including phenoxy) is 8. The summed E-state index contributed by atoms with van der Waals surface area (Å²) < 4.78 is 51.5. The first-order valence-corrected chi connectivity index (χ1v) is 21.4. The van der Waals surface area contributed by atoms with E-state index in [0.29, 0.717) is 6.42 Å². The highest BCUT2D eigenvalue weighted by atomic mass is 16.7. The number of carbonyl (C=O) groups excluding carboxylic acids is 4. The maximum Gasteiger partial charge on any atom is 0.419 e. The van der Waals surface area contributed by atoms with Crippen LogP contribution < -0.4 is 0 Å². The van der Waals surface area contributed by atoms with Crippen molar-refractivity contribution in [3.8, 4) is 0 Å². The van der Waals surface area contributed by atoms with Gasteiger partial charge in [0.05, 0.1) is 48.1 Å². The molecular weight excluding hydrogens is 798 g/mol. The van der Waals surface area contributed by atoms with Crippen molar-refractivity contribution in [2.24, 2.45) is 23.7 Å². The molecule has 0 radical (unpaired) electrons.